The van der Waals surface area contributed by atoms with Crippen LogP contribution in [0.25, 0.3) is 0 Å². The molecule has 1 unspecified atom stereocenters. The third kappa shape index (κ3) is 2.99. The smallest absolute Gasteiger partial charge is 0.126 e. The van der Waals surface area contributed by atoms with E-state index < -0.39 is 6.10 Å². The van der Waals surface area contributed by atoms with Crippen LogP contribution in [0.4, 0.5) is 0 Å². The molecule has 1 atom stereocenters. The number of benzene rings is 2. The van der Waals surface area contributed by atoms with Gasteiger partial charge in [-0.1, -0.05) is 23.7 Å². The Bertz CT molecular complexity index is 653. The fourth-order valence-corrected chi connectivity index (χ4v) is 2.83. The summed E-state index contributed by atoms with van der Waals surface area (Å²) in [5, 5.41) is 11.3. The summed E-state index contributed by atoms with van der Waals surface area (Å²) in [6.45, 7) is 3.93. The number of aliphatic hydroxyl groups is 1. The van der Waals surface area contributed by atoms with Gasteiger partial charge in [-0.3, -0.25) is 0 Å². The highest BCUT2D eigenvalue weighted by Gasteiger charge is 2.24. The van der Waals surface area contributed by atoms with Crippen LogP contribution < -0.4 is 9.47 Å². The minimum atomic E-state index is -0.913. The maximum absolute atomic E-state index is 10.8. The van der Waals surface area contributed by atoms with Crippen molar-refractivity contribution in [2.75, 3.05) is 14.2 Å². The van der Waals surface area contributed by atoms with E-state index in [4.69, 9.17) is 21.1 Å². The van der Waals surface area contributed by atoms with Crippen LogP contribution in [0.5, 0.6) is 11.5 Å². The lowest BCUT2D eigenvalue weighted by molar-refractivity contribution is 0.209. The van der Waals surface area contributed by atoms with Crippen molar-refractivity contribution < 1.29 is 14.6 Å². The number of rotatable bonds is 4. The molecule has 0 spiro atoms. The van der Waals surface area contributed by atoms with Crippen molar-refractivity contribution in [3.8, 4) is 11.5 Å². The molecule has 4 heteroatoms. The van der Waals surface area contributed by atoms with Gasteiger partial charge in [-0.05, 0) is 43.2 Å². The maximum Gasteiger partial charge on any atom is 0.126 e. The molecule has 0 aliphatic carbocycles. The molecule has 0 heterocycles. The lowest BCUT2D eigenvalue weighted by atomic mass is 9.94. The molecular formula is C17H19ClO3. The van der Waals surface area contributed by atoms with E-state index in [2.05, 4.69) is 0 Å². The van der Waals surface area contributed by atoms with Gasteiger partial charge in [0.15, 0.2) is 0 Å². The highest BCUT2D eigenvalue weighted by molar-refractivity contribution is 6.31. The summed E-state index contributed by atoms with van der Waals surface area (Å²) in [6, 6.07) is 9.20. The molecule has 2 aromatic rings. The van der Waals surface area contributed by atoms with E-state index in [1.165, 1.54) is 0 Å². The highest BCUT2D eigenvalue weighted by Crippen LogP contribution is 2.40. The first-order chi connectivity index (χ1) is 9.99. The normalized spacial score (nSPS) is 12.1. The van der Waals surface area contributed by atoms with E-state index in [1.54, 1.807) is 32.4 Å². The van der Waals surface area contributed by atoms with Crippen molar-refractivity contribution >= 4 is 11.6 Å². The van der Waals surface area contributed by atoms with E-state index >= 15 is 0 Å². The number of hydrogen-bond donors (Lipinski definition) is 1. The summed E-state index contributed by atoms with van der Waals surface area (Å²) in [6.07, 6.45) is -0.913. The third-order valence-corrected chi connectivity index (χ3v) is 3.82. The quantitative estimate of drug-likeness (QED) is 0.926. The maximum atomic E-state index is 10.8. The van der Waals surface area contributed by atoms with Crippen LogP contribution in [0.1, 0.15) is 28.4 Å². The van der Waals surface area contributed by atoms with Crippen LogP contribution >= 0.6 is 11.6 Å². The van der Waals surface area contributed by atoms with Gasteiger partial charge < -0.3 is 14.6 Å². The number of hydrogen-bond acceptors (Lipinski definition) is 3. The van der Waals surface area contributed by atoms with Gasteiger partial charge >= 0.3 is 0 Å². The van der Waals surface area contributed by atoms with E-state index in [0.717, 1.165) is 11.1 Å². The lowest BCUT2D eigenvalue weighted by Crippen LogP contribution is -2.07. The Morgan fingerprint density at radius 3 is 2.29 bits per heavy atom. The first kappa shape index (κ1) is 15.7. The topological polar surface area (TPSA) is 38.7 Å². The van der Waals surface area contributed by atoms with Crippen LogP contribution in [0, 0.1) is 13.8 Å². The molecule has 2 rings (SSSR count). The minimum Gasteiger partial charge on any atom is -0.496 e. The summed E-state index contributed by atoms with van der Waals surface area (Å²) in [5.41, 5.74) is 3.27. The molecule has 3 nitrogen and oxygen atoms in total. The molecule has 1 N–H and O–H groups in total. The van der Waals surface area contributed by atoms with Gasteiger partial charge in [-0.2, -0.15) is 0 Å². The molecule has 0 fully saturated rings. The van der Waals surface area contributed by atoms with Gasteiger partial charge in [0.25, 0.3) is 0 Å². The zero-order valence-corrected chi connectivity index (χ0v) is 13.4. The number of methoxy groups -OCH3 is 2. The number of halogens is 1. The molecule has 0 radical (unpaired) electrons. The number of aliphatic hydroxyl groups excluding tert-OH is 1. The van der Waals surface area contributed by atoms with Crippen molar-refractivity contribution in [3.05, 3.63) is 57.6 Å². The molecule has 0 bridgehead atoms. The Labute approximate surface area is 130 Å². The summed E-state index contributed by atoms with van der Waals surface area (Å²) >= 11 is 6.25. The van der Waals surface area contributed by atoms with Crippen molar-refractivity contribution in [3.63, 3.8) is 0 Å². The SMILES string of the molecule is COc1cc(C)cc(C)c1C(O)c1c(Cl)cccc1OC. The molecule has 2 aromatic carbocycles. The Morgan fingerprint density at radius 2 is 1.67 bits per heavy atom. The highest BCUT2D eigenvalue weighted by atomic mass is 35.5. The van der Waals surface area contributed by atoms with Gasteiger partial charge in [0.1, 0.15) is 17.6 Å². The Balaban J connectivity index is 2.63. The first-order valence-electron chi connectivity index (χ1n) is 6.65. The average molecular weight is 307 g/mol. The molecular weight excluding hydrogens is 288 g/mol. The van der Waals surface area contributed by atoms with E-state index in [9.17, 15) is 5.11 Å². The zero-order valence-electron chi connectivity index (χ0n) is 12.6. The summed E-state index contributed by atoms with van der Waals surface area (Å²) in [5.74, 6) is 1.19. The van der Waals surface area contributed by atoms with E-state index in [0.29, 0.717) is 27.6 Å². The fourth-order valence-electron chi connectivity index (χ4n) is 2.56. The average Bonchev–Trinajstić information content (AvgIpc) is 2.45. The van der Waals surface area contributed by atoms with Gasteiger partial charge in [0.2, 0.25) is 0 Å². The second-order valence-corrected chi connectivity index (χ2v) is 5.36. The molecule has 0 amide bonds. The molecule has 112 valence electrons. The molecule has 0 saturated heterocycles. The van der Waals surface area contributed by atoms with Gasteiger partial charge in [-0.15, -0.1) is 0 Å². The summed E-state index contributed by atoms with van der Waals surface area (Å²) < 4.78 is 10.7. The Morgan fingerprint density at radius 1 is 1.00 bits per heavy atom. The van der Waals surface area contributed by atoms with Crippen molar-refractivity contribution in [2.24, 2.45) is 0 Å². The van der Waals surface area contributed by atoms with E-state index in [1.807, 2.05) is 26.0 Å². The molecule has 0 saturated carbocycles. The second kappa shape index (κ2) is 6.37. The third-order valence-electron chi connectivity index (χ3n) is 3.49. The number of aryl methyl sites for hydroxylation is 2. The van der Waals surface area contributed by atoms with Crippen LogP contribution in [-0.2, 0) is 0 Å². The number of ether oxygens (including phenoxy) is 2. The second-order valence-electron chi connectivity index (χ2n) is 4.96. The lowest BCUT2D eigenvalue weighted by Gasteiger charge is -2.21. The molecule has 0 aliphatic rings. The minimum absolute atomic E-state index is 0.462. The largest absolute Gasteiger partial charge is 0.496 e. The molecule has 0 aliphatic heterocycles. The van der Waals surface area contributed by atoms with Gasteiger partial charge in [0.05, 0.1) is 19.2 Å². The van der Waals surface area contributed by atoms with Crippen molar-refractivity contribution in [2.45, 2.75) is 20.0 Å². The predicted octanol–water partition coefficient (Wildman–Crippen LogP) is 4.06. The first-order valence-corrected chi connectivity index (χ1v) is 7.03. The van der Waals surface area contributed by atoms with Crippen molar-refractivity contribution in [1.29, 1.82) is 0 Å². The van der Waals surface area contributed by atoms with Crippen LogP contribution in [-0.4, -0.2) is 19.3 Å². The summed E-state index contributed by atoms with van der Waals surface area (Å²) in [7, 11) is 3.15. The van der Waals surface area contributed by atoms with E-state index in [-0.39, 0.29) is 0 Å². The van der Waals surface area contributed by atoms with Crippen LogP contribution in [0.3, 0.4) is 0 Å². The van der Waals surface area contributed by atoms with Gasteiger partial charge in [0, 0.05) is 11.1 Å². The van der Waals surface area contributed by atoms with Crippen LogP contribution in [0.2, 0.25) is 5.02 Å². The molecule has 21 heavy (non-hydrogen) atoms. The summed E-state index contributed by atoms with van der Waals surface area (Å²) in [4.78, 5) is 0. The van der Waals surface area contributed by atoms with Gasteiger partial charge in [-0.25, -0.2) is 0 Å². The Kier molecular flexibility index (Phi) is 4.76. The zero-order chi connectivity index (χ0) is 15.6. The molecule has 0 aromatic heterocycles. The van der Waals surface area contributed by atoms with Crippen LogP contribution in [0.15, 0.2) is 30.3 Å². The predicted molar refractivity (Wildman–Crippen MR) is 84.5 cm³/mol. The standard InChI is InChI=1S/C17H19ClO3/c1-10-8-11(2)15(14(9-10)21-4)17(19)16-12(18)6-5-7-13(16)20-3/h5-9,17,19H,1-4H3. The fraction of sp³-hybridized carbons (Fsp3) is 0.294. The Hall–Kier alpha value is -1.71. The monoisotopic (exact) mass is 306 g/mol. The van der Waals surface area contributed by atoms with Crippen molar-refractivity contribution in [1.82, 2.24) is 0 Å².